The van der Waals surface area contributed by atoms with Crippen molar-refractivity contribution in [3.63, 3.8) is 0 Å². The van der Waals surface area contributed by atoms with Crippen molar-refractivity contribution < 1.29 is 0 Å². The molecule has 0 N–H and O–H groups in total. The Morgan fingerprint density at radius 2 is 2.30 bits per heavy atom. The summed E-state index contributed by atoms with van der Waals surface area (Å²) in [6.07, 6.45) is 6.96. The van der Waals surface area contributed by atoms with Gasteiger partial charge in [-0.05, 0) is 30.5 Å². The van der Waals surface area contributed by atoms with Crippen molar-refractivity contribution in [1.82, 2.24) is 19.2 Å². The van der Waals surface area contributed by atoms with Crippen LogP contribution < -0.4 is 5.56 Å². The van der Waals surface area contributed by atoms with Crippen molar-refractivity contribution in [2.75, 3.05) is 13.1 Å². The fraction of sp³-hybridized carbons (Fsp3) is 0.467. The van der Waals surface area contributed by atoms with Gasteiger partial charge in [0.25, 0.3) is 5.56 Å². The molecule has 1 fully saturated rings. The third-order valence-electron chi connectivity index (χ3n) is 3.93. The molecular weight excluding hydrogens is 252 g/mol. The minimum atomic E-state index is 0.0564. The number of hydrogen-bond donors (Lipinski definition) is 0. The normalized spacial score (nSPS) is 19.6. The Bertz CT molecular complexity index is 658. The summed E-state index contributed by atoms with van der Waals surface area (Å²) >= 11 is 0. The van der Waals surface area contributed by atoms with Crippen LogP contribution in [0.2, 0.25) is 0 Å². The van der Waals surface area contributed by atoms with Gasteiger partial charge in [0.2, 0.25) is 0 Å². The molecule has 3 rings (SSSR count). The zero-order valence-electron chi connectivity index (χ0n) is 12.0. The van der Waals surface area contributed by atoms with Crippen LogP contribution >= 0.6 is 0 Å². The largest absolute Gasteiger partial charge is 0.319 e. The van der Waals surface area contributed by atoms with Gasteiger partial charge in [0.1, 0.15) is 0 Å². The fourth-order valence-electron chi connectivity index (χ4n) is 2.75. The molecule has 0 bridgehead atoms. The molecule has 1 aliphatic heterocycles. The van der Waals surface area contributed by atoms with E-state index >= 15 is 0 Å². The number of likely N-dealkylation sites (tertiary alicyclic amines) is 1. The maximum atomic E-state index is 11.6. The maximum absolute atomic E-state index is 11.6. The first-order chi connectivity index (χ1) is 9.61. The van der Waals surface area contributed by atoms with E-state index in [0.29, 0.717) is 6.04 Å². The number of aryl methyl sites for hydroxylation is 2. The summed E-state index contributed by atoms with van der Waals surface area (Å²) in [5.74, 6) is 0. The van der Waals surface area contributed by atoms with Gasteiger partial charge in [0.05, 0.1) is 12.2 Å². The summed E-state index contributed by atoms with van der Waals surface area (Å²) in [6.45, 7) is 4.96. The smallest absolute Gasteiger partial charge is 0.250 e. The van der Waals surface area contributed by atoms with Crippen molar-refractivity contribution in [2.24, 2.45) is 7.05 Å². The number of pyridine rings is 1. The molecular formula is C15H20N4O. The Labute approximate surface area is 118 Å². The zero-order chi connectivity index (χ0) is 14.1. The first-order valence-corrected chi connectivity index (χ1v) is 7.00. The summed E-state index contributed by atoms with van der Waals surface area (Å²) in [5, 5.41) is 4.40. The molecule has 0 spiro atoms. The molecule has 0 saturated carbocycles. The molecule has 1 atom stereocenters. The highest BCUT2D eigenvalue weighted by Gasteiger charge is 2.24. The van der Waals surface area contributed by atoms with Crippen LogP contribution in [0.25, 0.3) is 0 Å². The molecule has 106 valence electrons. The van der Waals surface area contributed by atoms with Crippen LogP contribution in [-0.4, -0.2) is 32.3 Å². The van der Waals surface area contributed by atoms with Crippen LogP contribution in [0, 0.1) is 6.92 Å². The predicted octanol–water partition coefficient (Wildman–Crippen LogP) is 1.34. The van der Waals surface area contributed by atoms with Crippen LogP contribution in [0.1, 0.15) is 23.6 Å². The summed E-state index contributed by atoms with van der Waals surface area (Å²) in [5.41, 5.74) is 2.35. The SMILES string of the molecule is Cc1cnn(C2CCN(Cc3ccn(C)c(=O)c3)C2)c1. The van der Waals surface area contributed by atoms with E-state index in [-0.39, 0.29) is 5.56 Å². The van der Waals surface area contributed by atoms with E-state index in [1.807, 2.05) is 18.5 Å². The van der Waals surface area contributed by atoms with Crippen LogP contribution in [0.15, 0.2) is 35.5 Å². The standard InChI is InChI=1S/C15H20N4O/c1-12-8-16-19(9-12)14-4-6-18(11-14)10-13-3-5-17(2)15(20)7-13/h3,5,7-9,14H,4,6,10-11H2,1-2H3. The first kappa shape index (κ1) is 13.1. The van der Waals surface area contributed by atoms with Gasteiger partial charge in [0, 0.05) is 45.1 Å². The van der Waals surface area contributed by atoms with E-state index in [2.05, 4.69) is 27.8 Å². The number of nitrogens with zero attached hydrogens (tertiary/aromatic N) is 4. The van der Waals surface area contributed by atoms with E-state index < -0.39 is 0 Å². The van der Waals surface area contributed by atoms with E-state index in [1.54, 1.807) is 17.7 Å². The van der Waals surface area contributed by atoms with Crippen molar-refractivity contribution >= 4 is 0 Å². The predicted molar refractivity (Wildman–Crippen MR) is 77.6 cm³/mol. The lowest BCUT2D eigenvalue weighted by Gasteiger charge is -2.16. The molecule has 1 aliphatic rings. The molecule has 5 heteroatoms. The van der Waals surface area contributed by atoms with Crippen LogP contribution in [-0.2, 0) is 13.6 Å². The molecule has 0 aliphatic carbocycles. The van der Waals surface area contributed by atoms with Crippen LogP contribution in [0.5, 0.6) is 0 Å². The zero-order valence-corrected chi connectivity index (χ0v) is 12.0. The number of hydrogen-bond acceptors (Lipinski definition) is 3. The minimum Gasteiger partial charge on any atom is -0.319 e. The average molecular weight is 272 g/mol. The van der Waals surface area contributed by atoms with Gasteiger partial charge in [-0.1, -0.05) is 0 Å². The minimum absolute atomic E-state index is 0.0564. The molecule has 2 aromatic rings. The van der Waals surface area contributed by atoms with Gasteiger partial charge >= 0.3 is 0 Å². The summed E-state index contributed by atoms with van der Waals surface area (Å²) in [7, 11) is 1.78. The fourth-order valence-corrected chi connectivity index (χ4v) is 2.75. The van der Waals surface area contributed by atoms with Gasteiger partial charge in [-0.25, -0.2) is 0 Å². The lowest BCUT2D eigenvalue weighted by molar-refractivity contribution is 0.311. The molecule has 1 saturated heterocycles. The first-order valence-electron chi connectivity index (χ1n) is 7.00. The van der Waals surface area contributed by atoms with Gasteiger partial charge in [0.15, 0.2) is 0 Å². The van der Waals surface area contributed by atoms with E-state index in [0.717, 1.165) is 31.6 Å². The van der Waals surface area contributed by atoms with Crippen LogP contribution in [0.4, 0.5) is 0 Å². The average Bonchev–Trinajstić information content (AvgIpc) is 3.03. The third-order valence-corrected chi connectivity index (χ3v) is 3.93. The van der Waals surface area contributed by atoms with Gasteiger partial charge < -0.3 is 4.57 Å². The Morgan fingerprint density at radius 1 is 1.45 bits per heavy atom. The monoisotopic (exact) mass is 272 g/mol. The summed E-state index contributed by atoms with van der Waals surface area (Å²) in [4.78, 5) is 14.0. The van der Waals surface area contributed by atoms with Crippen molar-refractivity contribution in [2.45, 2.75) is 25.9 Å². The highest BCUT2D eigenvalue weighted by molar-refractivity contribution is 5.11. The van der Waals surface area contributed by atoms with E-state index in [9.17, 15) is 4.79 Å². The maximum Gasteiger partial charge on any atom is 0.250 e. The molecule has 3 heterocycles. The third kappa shape index (κ3) is 2.67. The second-order valence-corrected chi connectivity index (χ2v) is 5.66. The second kappa shape index (κ2) is 5.25. The summed E-state index contributed by atoms with van der Waals surface area (Å²) in [6, 6.07) is 4.20. The Kier molecular flexibility index (Phi) is 3.44. The lowest BCUT2D eigenvalue weighted by atomic mass is 10.2. The van der Waals surface area contributed by atoms with Gasteiger partial charge in [-0.3, -0.25) is 14.4 Å². The quantitative estimate of drug-likeness (QED) is 0.847. The summed E-state index contributed by atoms with van der Waals surface area (Å²) < 4.78 is 3.67. The van der Waals surface area contributed by atoms with Gasteiger partial charge in [-0.2, -0.15) is 5.10 Å². The topological polar surface area (TPSA) is 43.1 Å². The Morgan fingerprint density at radius 3 is 3.00 bits per heavy atom. The molecule has 0 radical (unpaired) electrons. The van der Waals surface area contributed by atoms with Crippen molar-refractivity contribution in [3.8, 4) is 0 Å². The van der Waals surface area contributed by atoms with Crippen molar-refractivity contribution in [3.05, 3.63) is 52.2 Å². The van der Waals surface area contributed by atoms with Crippen molar-refractivity contribution in [1.29, 1.82) is 0 Å². The van der Waals surface area contributed by atoms with Crippen LogP contribution in [0.3, 0.4) is 0 Å². The molecule has 1 unspecified atom stereocenters. The molecule has 5 nitrogen and oxygen atoms in total. The Hall–Kier alpha value is -1.88. The molecule has 20 heavy (non-hydrogen) atoms. The van der Waals surface area contributed by atoms with E-state index in [1.165, 1.54) is 5.56 Å². The molecule has 0 aromatic carbocycles. The van der Waals surface area contributed by atoms with Gasteiger partial charge in [-0.15, -0.1) is 0 Å². The van der Waals surface area contributed by atoms with E-state index in [4.69, 9.17) is 0 Å². The highest BCUT2D eigenvalue weighted by Crippen LogP contribution is 2.22. The number of rotatable bonds is 3. The second-order valence-electron chi connectivity index (χ2n) is 5.66. The lowest BCUT2D eigenvalue weighted by Crippen LogP contribution is -2.23. The molecule has 0 amide bonds. The number of aromatic nitrogens is 3. The Balaban J connectivity index is 1.65. The highest BCUT2D eigenvalue weighted by atomic mass is 16.1. The molecule has 2 aromatic heterocycles.